The maximum absolute atomic E-state index is 12.3. The van der Waals surface area contributed by atoms with E-state index in [9.17, 15) is 9.59 Å². The Labute approximate surface area is 179 Å². The van der Waals surface area contributed by atoms with E-state index >= 15 is 0 Å². The number of benzene rings is 2. The number of nitrogens with two attached hydrogens (primary N) is 1. The molecule has 4 aromatic rings. The van der Waals surface area contributed by atoms with Crippen LogP contribution in [0.5, 0.6) is 0 Å². The average Bonchev–Trinajstić information content (AvgIpc) is 2.78. The van der Waals surface area contributed by atoms with Gasteiger partial charge >= 0.3 is 0 Å². The first kappa shape index (κ1) is 20.0. The molecule has 1 amide bonds. The third-order valence-corrected chi connectivity index (χ3v) is 4.91. The third kappa shape index (κ3) is 4.48. The fourth-order valence-electron chi connectivity index (χ4n) is 3.29. The molecule has 0 aliphatic carbocycles. The van der Waals surface area contributed by atoms with Gasteiger partial charge in [-0.05, 0) is 53.8 Å². The van der Waals surface area contributed by atoms with Gasteiger partial charge in [-0.15, -0.1) is 0 Å². The van der Waals surface area contributed by atoms with Crippen molar-refractivity contribution in [2.24, 2.45) is 0 Å². The first-order valence-corrected chi connectivity index (χ1v) is 9.70. The van der Waals surface area contributed by atoms with E-state index < -0.39 is 5.91 Å². The molecule has 0 spiro atoms. The number of carbonyl (C=O) groups is 2. The molecule has 0 fully saturated rings. The molecule has 2 aromatic heterocycles. The molecule has 0 aliphatic rings. The molecule has 152 valence electrons. The van der Waals surface area contributed by atoms with Crippen molar-refractivity contribution in [2.45, 2.75) is 6.92 Å². The highest BCUT2D eigenvalue weighted by molar-refractivity contribution is 6.10. The molecule has 0 bridgehead atoms. The van der Waals surface area contributed by atoms with Crippen LogP contribution in [0.3, 0.4) is 0 Å². The molecule has 0 unspecified atom stereocenters. The van der Waals surface area contributed by atoms with E-state index in [-0.39, 0.29) is 5.78 Å². The Bertz CT molecular complexity index is 1310. The number of allylic oxidation sites excluding steroid dienone is 1. The van der Waals surface area contributed by atoms with Gasteiger partial charge in [0.25, 0.3) is 0 Å². The molecule has 2 aromatic carbocycles. The van der Waals surface area contributed by atoms with E-state index in [2.05, 4.69) is 15.3 Å². The summed E-state index contributed by atoms with van der Waals surface area (Å²) in [5.74, 6) is -0.316. The molecule has 3 N–H and O–H groups in total. The van der Waals surface area contributed by atoms with Crippen LogP contribution < -0.4 is 11.1 Å². The number of aromatic nitrogens is 2. The quantitative estimate of drug-likeness (QED) is 0.286. The SMILES string of the molecule is Cc1ccncc1-c1cc(N)c2cnc(NC(=O)/C=C/C(=O)c3ccccc3)cc2c1. The number of pyridine rings is 2. The Hall–Kier alpha value is -4.32. The molecular formula is C25H20N4O2. The largest absolute Gasteiger partial charge is 0.398 e. The van der Waals surface area contributed by atoms with Crippen molar-refractivity contribution in [2.75, 3.05) is 11.1 Å². The molecule has 0 saturated heterocycles. The lowest BCUT2D eigenvalue weighted by Crippen LogP contribution is -2.10. The summed E-state index contributed by atoms with van der Waals surface area (Å²) in [4.78, 5) is 32.8. The number of nitrogens with one attached hydrogen (secondary N) is 1. The normalized spacial score (nSPS) is 11.0. The predicted molar refractivity (Wildman–Crippen MR) is 123 cm³/mol. The summed E-state index contributed by atoms with van der Waals surface area (Å²) in [6, 6.07) is 16.3. The third-order valence-electron chi connectivity index (χ3n) is 4.91. The zero-order chi connectivity index (χ0) is 21.8. The van der Waals surface area contributed by atoms with E-state index in [1.807, 2.05) is 31.2 Å². The second-order valence-electron chi connectivity index (χ2n) is 7.10. The van der Waals surface area contributed by atoms with Crippen molar-refractivity contribution in [3.8, 4) is 11.1 Å². The van der Waals surface area contributed by atoms with Crippen LogP contribution in [0.1, 0.15) is 15.9 Å². The zero-order valence-electron chi connectivity index (χ0n) is 16.9. The van der Waals surface area contributed by atoms with E-state index in [0.717, 1.165) is 27.5 Å². The van der Waals surface area contributed by atoms with Gasteiger partial charge in [-0.3, -0.25) is 14.6 Å². The van der Waals surface area contributed by atoms with Gasteiger partial charge in [0.05, 0.1) is 0 Å². The van der Waals surface area contributed by atoms with E-state index in [4.69, 9.17) is 5.73 Å². The summed E-state index contributed by atoms with van der Waals surface area (Å²) < 4.78 is 0. The number of hydrogen-bond donors (Lipinski definition) is 2. The summed E-state index contributed by atoms with van der Waals surface area (Å²) in [7, 11) is 0. The topological polar surface area (TPSA) is 98.0 Å². The molecule has 2 heterocycles. The lowest BCUT2D eigenvalue weighted by atomic mass is 9.99. The van der Waals surface area contributed by atoms with E-state index in [1.165, 1.54) is 12.2 Å². The maximum atomic E-state index is 12.3. The molecule has 6 nitrogen and oxygen atoms in total. The average molecular weight is 408 g/mol. The predicted octanol–water partition coefficient (Wildman–Crippen LogP) is 4.57. The number of fused-ring (bicyclic) bond motifs is 1. The van der Waals surface area contributed by atoms with Crippen molar-refractivity contribution < 1.29 is 9.59 Å². The number of carbonyl (C=O) groups excluding carboxylic acids is 2. The van der Waals surface area contributed by atoms with Crippen molar-refractivity contribution in [3.05, 3.63) is 96.5 Å². The number of nitrogens with zero attached hydrogens (tertiary/aromatic N) is 2. The standard InChI is InChI=1S/C25H20N4O2/c1-16-9-10-27-14-20(16)18-11-19-13-24(28-15-21(19)22(26)12-18)29-25(31)8-7-23(30)17-5-3-2-4-6-17/h2-15H,26H2,1H3,(H,28,29,31)/b8-7+. The molecule has 0 saturated carbocycles. The Balaban J connectivity index is 1.57. The minimum atomic E-state index is -0.441. The number of ketones is 1. The van der Waals surface area contributed by atoms with Gasteiger partial charge in [-0.25, -0.2) is 4.98 Å². The van der Waals surface area contributed by atoms with Crippen LogP contribution in [-0.4, -0.2) is 21.7 Å². The first-order valence-electron chi connectivity index (χ1n) is 9.70. The Morgan fingerprint density at radius 3 is 2.58 bits per heavy atom. The van der Waals surface area contributed by atoms with Crippen LogP contribution in [0.25, 0.3) is 21.9 Å². The van der Waals surface area contributed by atoms with Gasteiger partial charge in [-0.2, -0.15) is 0 Å². The molecule has 0 radical (unpaired) electrons. The second-order valence-corrected chi connectivity index (χ2v) is 7.10. The van der Waals surface area contributed by atoms with Gasteiger partial charge in [-0.1, -0.05) is 30.3 Å². The van der Waals surface area contributed by atoms with Crippen LogP contribution in [-0.2, 0) is 4.79 Å². The van der Waals surface area contributed by atoms with Gasteiger partial charge in [0.1, 0.15) is 5.82 Å². The fraction of sp³-hybridized carbons (Fsp3) is 0.0400. The van der Waals surface area contributed by atoms with E-state index in [0.29, 0.717) is 17.1 Å². The number of hydrogen-bond acceptors (Lipinski definition) is 5. The number of rotatable bonds is 5. The zero-order valence-corrected chi connectivity index (χ0v) is 16.9. The monoisotopic (exact) mass is 408 g/mol. The number of nitrogen functional groups attached to an aromatic ring is 1. The van der Waals surface area contributed by atoms with E-state index in [1.54, 1.807) is 48.9 Å². The molecule has 4 rings (SSSR count). The molecular weight excluding hydrogens is 388 g/mol. The lowest BCUT2D eigenvalue weighted by molar-refractivity contribution is -0.111. The fourth-order valence-corrected chi connectivity index (χ4v) is 3.29. The van der Waals surface area contributed by atoms with Gasteiger partial charge in [0, 0.05) is 46.9 Å². The highest BCUT2D eigenvalue weighted by atomic mass is 16.1. The van der Waals surface area contributed by atoms with Crippen molar-refractivity contribution in [1.82, 2.24) is 9.97 Å². The Morgan fingerprint density at radius 1 is 1.00 bits per heavy atom. The van der Waals surface area contributed by atoms with Crippen molar-refractivity contribution >= 4 is 34.0 Å². The van der Waals surface area contributed by atoms with Crippen molar-refractivity contribution in [3.63, 3.8) is 0 Å². The molecule has 0 atom stereocenters. The minimum absolute atomic E-state index is 0.244. The summed E-state index contributed by atoms with van der Waals surface area (Å²) in [6.07, 6.45) is 7.61. The summed E-state index contributed by atoms with van der Waals surface area (Å²) in [5.41, 5.74) is 10.4. The molecule has 0 aliphatic heterocycles. The number of amides is 1. The van der Waals surface area contributed by atoms with Crippen molar-refractivity contribution in [1.29, 1.82) is 0 Å². The molecule has 31 heavy (non-hydrogen) atoms. The van der Waals surface area contributed by atoms with Gasteiger partial charge in [0.2, 0.25) is 5.91 Å². The molecule has 6 heteroatoms. The smallest absolute Gasteiger partial charge is 0.249 e. The first-order chi connectivity index (χ1) is 15.0. The minimum Gasteiger partial charge on any atom is -0.398 e. The summed E-state index contributed by atoms with van der Waals surface area (Å²) in [5, 5.41) is 4.32. The van der Waals surface area contributed by atoms with Crippen LogP contribution in [0.4, 0.5) is 11.5 Å². The van der Waals surface area contributed by atoms with Crippen LogP contribution in [0.15, 0.2) is 85.3 Å². The van der Waals surface area contributed by atoms with Crippen LogP contribution in [0, 0.1) is 6.92 Å². The highest BCUT2D eigenvalue weighted by Crippen LogP contribution is 2.31. The highest BCUT2D eigenvalue weighted by Gasteiger charge is 2.09. The van der Waals surface area contributed by atoms with Gasteiger partial charge < -0.3 is 11.1 Å². The number of aryl methyl sites for hydroxylation is 1. The Morgan fingerprint density at radius 2 is 1.81 bits per heavy atom. The van der Waals surface area contributed by atoms with Crippen LogP contribution in [0.2, 0.25) is 0 Å². The maximum Gasteiger partial charge on any atom is 0.249 e. The van der Waals surface area contributed by atoms with Crippen LogP contribution >= 0.6 is 0 Å². The van der Waals surface area contributed by atoms with Gasteiger partial charge in [0.15, 0.2) is 5.78 Å². The Kier molecular flexibility index (Phi) is 5.53. The second kappa shape index (κ2) is 8.59. The summed E-state index contributed by atoms with van der Waals surface area (Å²) in [6.45, 7) is 2.01. The lowest BCUT2D eigenvalue weighted by Gasteiger charge is -2.10. The summed E-state index contributed by atoms with van der Waals surface area (Å²) >= 11 is 0. The number of anilines is 2.